The number of hydrogen-bond donors (Lipinski definition) is 1. The highest BCUT2D eigenvalue weighted by molar-refractivity contribution is 6.85. The van der Waals surface area contributed by atoms with Gasteiger partial charge in [0.25, 0.3) is 0 Å². The van der Waals surface area contributed by atoms with Gasteiger partial charge in [-0.3, -0.25) is 0 Å². The lowest BCUT2D eigenvalue weighted by atomic mass is 10.3. The van der Waals surface area contributed by atoms with Gasteiger partial charge in [0.15, 0.2) is 0 Å². The summed E-state index contributed by atoms with van der Waals surface area (Å²) in [6.07, 6.45) is 0. The van der Waals surface area contributed by atoms with Crippen LogP contribution in [0.3, 0.4) is 0 Å². The van der Waals surface area contributed by atoms with E-state index in [9.17, 15) is 0 Å². The molecule has 1 N–H and O–H groups in total. The molecular formula is C15H29NO5Si2. The van der Waals surface area contributed by atoms with Gasteiger partial charge < -0.3 is 27.4 Å². The number of benzene rings is 1. The fourth-order valence-electron chi connectivity index (χ4n) is 2.84. The van der Waals surface area contributed by atoms with Crippen LogP contribution in [-0.4, -0.2) is 59.5 Å². The highest BCUT2D eigenvalue weighted by Gasteiger charge is 2.59. The van der Waals surface area contributed by atoms with Gasteiger partial charge in [0, 0.05) is 53.8 Å². The highest BCUT2D eigenvalue weighted by atomic mass is 28.4. The van der Waals surface area contributed by atoms with Crippen molar-refractivity contribution in [2.45, 2.75) is 18.1 Å². The van der Waals surface area contributed by atoms with Gasteiger partial charge in [-0.2, -0.15) is 0 Å². The number of rotatable bonds is 11. The smallest absolute Gasteiger partial charge is 0.397 e. The molecule has 0 aliphatic heterocycles. The number of hydrogen-bond acceptors (Lipinski definition) is 6. The van der Waals surface area contributed by atoms with Crippen LogP contribution in [0.15, 0.2) is 30.3 Å². The number of nitrogens with one attached hydrogen (secondary N) is 1. The molecule has 0 bridgehead atoms. The van der Waals surface area contributed by atoms with Crippen LogP contribution in [0, 0.1) is 0 Å². The zero-order chi connectivity index (χ0) is 17.3. The first-order valence-corrected chi connectivity index (χ1v) is 11.5. The lowest BCUT2D eigenvalue weighted by molar-refractivity contribution is 0.111. The Morgan fingerprint density at radius 3 is 1.83 bits per heavy atom. The van der Waals surface area contributed by atoms with Crippen molar-refractivity contribution in [3.63, 3.8) is 0 Å². The summed E-state index contributed by atoms with van der Waals surface area (Å²) in [6, 6.07) is 10.8. The van der Waals surface area contributed by atoms with Gasteiger partial charge >= 0.3 is 17.4 Å². The fourth-order valence-corrected chi connectivity index (χ4v) is 10.9. The minimum absolute atomic E-state index is 0.0671. The average molecular weight is 360 g/mol. The van der Waals surface area contributed by atoms with E-state index in [2.05, 4.69) is 5.32 Å². The van der Waals surface area contributed by atoms with Crippen LogP contribution in [0.25, 0.3) is 0 Å². The summed E-state index contributed by atoms with van der Waals surface area (Å²) in [5, 5.41) is 3.33. The standard InChI is InChI=1S/C15H29NO5Si2/c1-14(23(19-4,20-5)21-6)22(17-2,18-3)13-12-16-15-10-8-7-9-11-15/h7-11,14,16H,12-13H2,1-6H3. The summed E-state index contributed by atoms with van der Waals surface area (Å²) >= 11 is 0. The Balaban J connectivity index is 2.84. The minimum Gasteiger partial charge on any atom is -0.397 e. The molecule has 0 heterocycles. The predicted molar refractivity (Wildman–Crippen MR) is 95.7 cm³/mol. The van der Waals surface area contributed by atoms with E-state index in [1.807, 2.05) is 37.3 Å². The molecule has 0 amide bonds. The van der Waals surface area contributed by atoms with E-state index in [4.69, 9.17) is 22.1 Å². The quantitative estimate of drug-likeness (QED) is 0.613. The number of anilines is 1. The second-order valence-electron chi connectivity index (χ2n) is 5.20. The zero-order valence-electron chi connectivity index (χ0n) is 14.9. The molecule has 0 saturated carbocycles. The molecule has 0 aliphatic rings. The third-order valence-electron chi connectivity index (χ3n) is 4.31. The Hall–Kier alpha value is -0.746. The molecular weight excluding hydrogens is 330 g/mol. The fraction of sp³-hybridized carbons (Fsp3) is 0.600. The first kappa shape index (κ1) is 20.3. The van der Waals surface area contributed by atoms with E-state index in [0.717, 1.165) is 18.3 Å². The molecule has 6 nitrogen and oxygen atoms in total. The second-order valence-corrected chi connectivity index (χ2v) is 12.9. The normalized spacial score (nSPS) is 13.8. The van der Waals surface area contributed by atoms with Gasteiger partial charge in [-0.1, -0.05) is 25.1 Å². The van der Waals surface area contributed by atoms with Gasteiger partial charge in [0.05, 0.1) is 5.16 Å². The molecule has 1 aromatic carbocycles. The first-order chi connectivity index (χ1) is 11.0. The maximum absolute atomic E-state index is 5.87. The summed E-state index contributed by atoms with van der Waals surface area (Å²) in [7, 11) is 2.80. The van der Waals surface area contributed by atoms with Crippen molar-refractivity contribution in [3.8, 4) is 0 Å². The molecule has 1 aromatic rings. The Labute approximate surface area is 141 Å². The summed E-state index contributed by atoms with van der Waals surface area (Å²) in [4.78, 5) is 0. The van der Waals surface area contributed by atoms with Crippen molar-refractivity contribution in [2.24, 2.45) is 0 Å². The molecule has 0 radical (unpaired) electrons. The molecule has 0 saturated heterocycles. The predicted octanol–water partition coefficient (Wildman–Crippen LogP) is 2.64. The summed E-state index contributed by atoms with van der Waals surface area (Å²) in [5.41, 5.74) is 1.07. The zero-order valence-corrected chi connectivity index (χ0v) is 16.9. The van der Waals surface area contributed by atoms with Crippen molar-refractivity contribution in [1.29, 1.82) is 0 Å². The maximum atomic E-state index is 5.87. The van der Waals surface area contributed by atoms with Gasteiger partial charge in [-0.05, 0) is 12.1 Å². The van der Waals surface area contributed by atoms with E-state index in [1.165, 1.54) is 0 Å². The molecule has 132 valence electrons. The Morgan fingerprint density at radius 2 is 1.39 bits per heavy atom. The van der Waals surface area contributed by atoms with E-state index in [1.54, 1.807) is 35.5 Å². The van der Waals surface area contributed by atoms with Crippen LogP contribution in [0.5, 0.6) is 0 Å². The topological polar surface area (TPSA) is 58.2 Å². The molecule has 0 spiro atoms. The van der Waals surface area contributed by atoms with Crippen molar-refractivity contribution < 1.29 is 22.1 Å². The minimum atomic E-state index is -2.84. The Kier molecular flexibility index (Phi) is 8.41. The van der Waals surface area contributed by atoms with E-state index < -0.39 is 17.4 Å². The molecule has 0 aliphatic carbocycles. The first-order valence-electron chi connectivity index (χ1n) is 7.58. The third kappa shape index (κ3) is 4.63. The highest BCUT2D eigenvalue weighted by Crippen LogP contribution is 2.36. The van der Waals surface area contributed by atoms with Crippen LogP contribution in [0.2, 0.25) is 11.2 Å². The third-order valence-corrected chi connectivity index (χ3v) is 13.1. The molecule has 0 fully saturated rings. The average Bonchev–Trinajstić information content (AvgIpc) is 2.62. The molecule has 8 heteroatoms. The van der Waals surface area contributed by atoms with Crippen molar-refractivity contribution in [2.75, 3.05) is 47.4 Å². The summed E-state index contributed by atoms with van der Waals surface area (Å²) < 4.78 is 28.6. The SMILES string of the molecule is CO[Si](CCNc1ccccc1)(OC)C(C)[Si](OC)(OC)OC. The monoisotopic (exact) mass is 359 g/mol. The largest absolute Gasteiger partial charge is 0.505 e. The van der Waals surface area contributed by atoms with Crippen LogP contribution >= 0.6 is 0 Å². The van der Waals surface area contributed by atoms with Gasteiger partial charge in [0.1, 0.15) is 0 Å². The van der Waals surface area contributed by atoms with Crippen molar-refractivity contribution in [3.05, 3.63) is 30.3 Å². The lowest BCUT2D eigenvalue weighted by Gasteiger charge is -2.39. The van der Waals surface area contributed by atoms with E-state index >= 15 is 0 Å². The second kappa shape index (κ2) is 9.53. The number of para-hydroxylation sites is 1. The van der Waals surface area contributed by atoms with Crippen LogP contribution in [0.1, 0.15) is 6.92 Å². The lowest BCUT2D eigenvalue weighted by Crippen LogP contribution is -2.60. The van der Waals surface area contributed by atoms with Crippen molar-refractivity contribution >= 4 is 23.1 Å². The van der Waals surface area contributed by atoms with Crippen LogP contribution in [0.4, 0.5) is 5.69 Å². The maximum Gasteiger partial charge on any atom is 0.505 e. The van der Waals surface area contributed by atoms with Gasteiger partial charge in [0.2, 0.25) is 0 Å². The molecule has 1 unspecified atom stereocenters. The molecule has 0 aromatic heterocycles. The Bertz CT molecular complexity index is 432. The van der Waals surface area contributed by atoms with E-state index in [-0.39, 0.29) is 5.16 Å². The van der Waals surface area contributed by atoms with E-state index in [0.29, 0.717) is 0 Å². The van der Waals surface area contributed by atoms with Gasteiger partial charge in [-0.25, -0.2) is 0 Å². The van der Waals surface area contributed by atoms with Crippen LogP contribution in [-0.2, 0) is 22.1 Å². The summed E-state index contributed by atoms with van der Waals surface area (Å²) in [6.45, 7) is 2.77. The molecule has 1 atom stereocenters. The molecule has 1 rings (SSSR count). The summed E-state index contributed by atoms with van der Waals surface area (Å²) in [5.74, 6) is 0. The molecule has 23 heavy (non-hydrogen) atoms. The van der Waals surface area contributed by atoms with Crippen molar-refractivity contribution in [1.82, 2.24) is 0 Å². The Morgan fingerprint density at radius 1 is 0.870 bits per heavy atom. The van der Waals surface area contributed by atoms with Crippen LogP contribution < -0.4 is 5.32 Å². The van der Waals surface area contributed by atoms with Gasteiger partial charge in [-0.15, -0.1) is 0 Å².